The molecule has 0 bridgehead atoms. The summed E-state index contributed by atoms with van der Waals surface area (Å²) in [6.07, 6.45) is 2.00. The molecule has 3 nitrogen and oxygen atoms in total. The summed E-state index contributed by atoms with van der Waals surface area (Å²) in [4.78, 5) is 24.9. The maximum absolute atomic E-state index is 12.6. The van der Waals surface area contributed by atoms with Crippen molar-refractivity contribution < 1.29 is 14.3 Å². The third kappa shape index (κ3) is 1.92. The van der Waals surface area contributed by atoms with Crippen molar-refractivity contribution in [2.45, 2.75) is 13.3 Å². The van der Waals surface area contributed by atoms with Crippen LogP contribution in [0.2, 0.25) is 0 Å². The highest BCUT2D eigenvalue weighted by atomic mass is 16.5. The van der Waals surface area contributed by atoms with Gasteiger partial charge in [-0.15, -0.1) is 0 Å². The third-order valence-corrected chi connectivity index (χ3v) is 3.58. The molecule has 1 aliphatic carbocycles. The number of Topliss-reactive ketones (excluding diaryl/α,β-unsaturated/α-hetero) is 2. The van der Waals surface area contributed by atoms with Gasteiger partial charge in [-0.2, -0.15) is 0 Å². The Kier molecular flexibility index (Phi) is 2.90. The normalized spacial score (nSPS) is 17.8. The maximum atomic E-state index is 12.6. The Bertz CT molecular complexity index is 705. The molecule has 0 atom stereocenters. The summed E-state index contributed by atoms with van der Waals surface area (Å²) >= 11 is 0. The van der Waals surface area contributed by atoms with Crippen molar-refractivity contribution in [1.29, 1.82) is 0 Å². The van der Waals surface area contributed by atoms with Crippen LogP contribution in [0, 0.1) is 0 Å². The van der Waals surface area contributed by atoms with Gasteiger partial charge < -0.3 is 4.74 Å². The van der Waals surface area contributed by atoms with E-state index in [1.165, 1.54) is 0 Å². The number of allylic oxidation sites excluding steroid dienone is 3. The Morgan fingerprint density at radius 2 is 1.90 bits per heavy atom. The van der Waals surface area contributed by atoms with Crippen molar-refractivity contribution in [2.24, 2.45) is 0 Å². The first-order chi connectivity index (χ1) is 9.58. The molecule has 20 heavy (non-hydrogen) atoms. The summed E-state index contributed by atoms with van der Waals surface area (Å²) in [6, 6.07) is 6.95. The number of rotatable bonds is 1. The molecule has 1 heterocycles. The van der Waals surface area contributed by atoms with E-state index in [1.807, 2.05) is 6.92 Å². The standard InChI is InChI=1S/C17H14O3/c1-10(2)16-8-11-7-15(18)12-5-3-4-6-13(12)17(19)14(11)9-20-16/h3-6,8H,1,7,9H2,2H3. The largest absolute Gasteiger partial charge is 0.488 e. The van der Waals surface area contributed by atoms with E-state index in [9.17, 15) is 9.59 Å². The van der Waals surface area contributed by atoms with Gasteiger partial charge in [0.05, 0.1) is 0 Å². The van der Waals surface area contributed by atoms with E-state index in [-0.39, 0.29) is 24.6 Å². The van der Waals surface area contributed by atoms with E-state index >= 15 is 0 Å². The molecule has 0 fully saturated rings. The minimum Gasteiger partial charge on any atom is -0.488 e. The molecule has 1 aromatic rings. The van der Waals surface area contributed by atoms with Crippen LogP contribution < -0.4 is 0 Å². The zero-order valence-corrected chi connectivity index (χ0v) is 11.2. The van der Waals surface area contributed by atoms with E-state index in [0.29, 0.717) is 22.5 Å². The molecule has 0 radical (unpaired) electrons. The van der Waals surface area contributed by atoms with Crippen LogP contribution in [0.3, 0.4) is 0 Å². The number of carbonyl (C=O) groups is 2. The molecular weight excluding hydrogens is 252 g/mol. The van der Waals surface area contributed by atoms with E-state index in [4.69, 9.17) is 4.74 Å². The number of benzene rings is 1. The van der Waals surface area contributed by atoms with Crippen LogP contribution in [0.5, 0.6) is 0 Å². The first-order valence-corrected chi connectivity index (χ1v) is 6.47. The van der Waals surface area contributed by atoms with Gasteiger partial charge in [0, 0.05) is 23.1 Å². The Morgan fingerprint density at radius 1 is 1.20 bits per heavy atom. The lowest BCUT2D eigenvalue weighted by molar-refractivity contribution is 0.0981. The smallest absolute Gasteiger partial charge is 0.193 e. The van der Waals surface area contributed by atoms with E-state index in [1.54, 1.807) is 30.3 Å². The number of ketones is 2. The van der Waals surface area contributed by atoms with Crippen LogP contribution in [-0.4, -0.2) is 18.2 Å². The lowest BCUT2D eigenvalue weighted by Gasteiger charge is -2.19. The molecule has 0 N–H and O–H groups in total. The Balaban J connectivity index is 2.14. The lowest BCUT2D eigenvalue weighted by atomic mass is 9.97. The predicted molar refractivity (Wildman–Crippen MR) is 75.6 cm³/mol. The Labute approximate surface area is 117 Å². The first kappa shape index (κ1) is 12.6. The van der Waals surface area contributed by atoms with Gasteiger partial charge in [-0.1, -0.05) is 30.8 Å². The van der Waals surface area contributed by atoms with Crippen molar-refractivity contribution in [1.82, 2.24) is 0 Å². The molecule has 3 heteroatoms. The Hall–Kier alpha value is -2.42. The van der Waals surface area contributed by atoms with Gasteiger partial charge in [0.15, 0.2) is 11.6 Å². The second-order valence-corrected chi connectivity index (χ2v) is 5.06. The molecule has 0 unspecified atom stereocenters. The summed E-state index contributed by atoms with van der Waals surface area (Å²) in [6.45, 7) is 5.87. The van der Waals surface area contributed by atoms with E-state index in [2.05, 4.69) is 6.58 Å². The fraction of sp³-hybridized carbons (Fsp3) is 0.176. The van der Waals surface area contributed by atoms with Gasteiger partial charge >= 0.3 is 0 Å². The quantitative estimate of drug-likeness (QED) is 0.783. The fourth-order valence-corrected chi connectivity index (χ4v) is 2.50. The average Bonchev–Trinajstić information content (AvgIpc) is 2.55. The number of fused-ring (bicyclic) bond motifs is 1. The third-order valence-electron chi connectivity index (χ3n) is 3.58. The summed E-state index contributed by atoms with van der Waals surface area (Å²) in [5, 5.41) is 0. The van der Waals surface area contributed by atoms with Gasteiger partial charge in [0.25, 0.3) is 0 Å². The lowest BCUT2D eigenvalue weighted by Crippen LogP contribution is -2.15. The highest BCUT2D eigenvalue weighted by Gasteiger charge is 2.29. The zero-order valence-electron chi connectivity index (χ0n) is 11.2. The zero-order chi connectivity index (χ0) is 14.3. The second kappa shape index (κ2) is 4.60. The molecule has 0 saturated carbocycles. The van der Waals surface area contributed by atoms with Crippen LogP contribution in [0.25, 0.3) is 0 Å². The highest BCUT2D eigenvalue weighted by Crippen LogP contribution is 2.31. The molecule has 1 aromatic carbocycles. The van der Waals surface area contributed by atoms with Crippen molar-refractivity contribution >= 4 is 11.6 Å². The number of ether oxygens (including phenoxy) is 1. The monoisotopic (exact) mass is 266 g/mol. The van der Waals surface area contributed by atoms with Crippen LogP contribution in [0.15, 0.2) is 59.4 Å². The van der Waals surface area contributed by atoms with Gasteiger partial charge in [0.1, 0.15) is 12.4 Å². The van der Waals surface area contributed by atoms with E-state index < -0.39 is 0 Å². The minimum absolute atomic E-state index is 0.0295. The van der Waals surface area contributed by atoms with Gasteiger partial charge in [-0.05, 0) is 24.1 Å². The molecule has 0 spiro atoms. The summed E-state index contributed by atoms with van der Waals surface area (Å²) < 4.78 is 5.56. The van der Waals surface area contributed by atoms with Crippen LogP contribution in [0.4, 0.5) is 0 Å². The fourth-order valence-electron chi connectivity index (χ4n) is 2.50. The number of hydrogen-bond acceptors (Lipinski definition) is 3. The Morgan fingerprint density at radius 3 is 2.60 bits per heavy atom. The number of hydrogen-bond donors (Lipinski definition) is 0. The molecule has 3 rings (SSSR count). The molecule has 0 saturated heterocycles. The summed E-state index contributed by atoms with van der Waals surface area (Å²) in [5.74, 6) is 0.506. The summed E-state index contributed by atoms with van der Waals surface area (Å²) in [7, 11) is 0. The van der Waals surface area contributed by atoms with E-state index in [0.717, 1.165) is 11.1 Å². The van der Waals surface area contributed by atoms with Gasteiger partial charge in [0.2, 0.25) is 0 Å². The molecule has 0 aromatic heterocycles. The minimum atomic E-state index is -0.113. The molecule has 2 aliphatic rings. The van der Waals surface area contributed by atoms with Gasteiger partial charge in [-0.3, -0.25) is 9.59 Å². The van der Waals surface area contributed by atoms with Crippen LogP contribution in [-0.2, 0) is 4.74 Å². The SMILES string of the molecule is C=C(C)C1=CC2=C(CO1)C(=O)c1ccccc1C(=O)C2. The first-order valence-electron chi connectivity index (χ1n) is 6.47. The average molecular weight is 266 g/mol. The molecular formula is C17H14O3. The molecule has 0 amide bonds. The highest BCUT2D eigenvalue weighted by molar-refractivity contribution is 6.19. The van der Waals surface area contributed by atoms with Crippen molar-refractivity contribution in [3.05, 3.63) is 70.5 Å². The molecule has 100 valence electrons. The van der Waals surface area contributed by atoms with Crippen molar-refractivity contribution in [3.8, 4) is 0 Å². The molecule has 1 aliphatic heterocycles. The predicted octanol–water partition coefficient (Wildman–Crippen LogP) is 3.24. The van der Waals surface area contributed by atoms with Crippen LogP contribution in [0.1, 0.15) is 34.1 Å². The van der Waals surface area contributed by atoms with Crippen molar-refractivity contribution in [2.75, 3.05) is 6.61 Å². The second-order valence-electron chi connectivity index (χ2n) is 5.06. The van der Waals surface area contributed by atoms with Crippen LogP contribution >= 0.6 is 0 Å². The summed E-state index contributed by atoms with van der Waals surface area (Å²) in [5.41, 5.74) is 3.09. The topological polar surface area (TPSA) is 43.4 Å². The van der Waals surface area contributed by atoms with Crippen molar-refractivity contribution in [3.63, 3.8) is 0 Å². The maximum Gasteiger partial charge on any atom is 0.193 e. The number of carbonyl (C=O) groups excluding carboxylic acids is 2. The van der Waals surface area contributed by atoms with Gasteiger partial charge in [-0.25, -0.2) is 0 Å².